The van der Waals surface area contributed by atoms with Crippen LogP contribution >= 0.6 is 0 Å². The molecule has 1 saturated heterocycles. The first-order valence-electron chi connectivity index (χ1n) is 9.03. The van der Waals surface area contributed by atoms with E-state index in [1.165, 1.54) is 13.0 Å². The van der Waals surface area contributed by atoms with Gasteiger partial charge in [0.1, 0.15) is 11.5 Å². The molecule has 2 atom stereocenters. The van der Waals surface area contributed by atoms with Crippen molar-refractivity contribution in [2.45, 2.75) is 32.7 Å². The largest absolute Gasteiger partial charge is 0.497 e. The molecule has 0 saturated carbocycles. The number of rotatable bonds is 9. The number of likely N-dealkylation sites (tertiary alicyclic amines) is 1. The van der Waals surface area contributed by atoms with Crippen LogP contribution in [0.5, 0.6) is 11.5 Å². The Bertz CT molecular complexity index is 565. The number of anilines is 1. The number of hydrogen-bond donors (Lipinski definition) is 2. The number of carbonyl (C=O) groups excluding carboxylic acids is 1. The number of ether oxygens (including phenoxy) is 2. The number of carbonyl (C=O) groups is 1. The molecular weight excluding hydrogens is 318 g/mol. The van der Waals surface area contributed by atoms with Gasteiger partial charge in [0.05, 0.1) is 19.9 Å². The van der Waals surface area contributed by atoms with Gasteiger partial charge >= 0.3 is 0 Å². The predicted molar refractivity (Wildman–Crippen MR) is 100 cm³/mol. The Labute approximate surface area is 150 Å². The SMILES string of the molecule is CCN1CCC(CNC(C)CC(=O)Nc2cc(OC)ccc2OC)C1. The lowest BCUT2D eigenvalue weighted by molar-refractivity contribution is -0.116. The van der Waals surface area contributed by atoms with E-state index in [4.69, 9.17) is 9.47 Å². The van der Waals surface area contributed by atoms with Crippen LogP contribution in [0.25, 0.3) is 0 Å². The van der Waals surface area contributed by atoms with E-state index in [1.54, 1.807) is 32.4 Å². The second kappa shape index (κ2) is 9.63. The zero-order valence-corrected chi connectivity index (χ0v) is 15.8. The molecule has 1 aliphatic heterocycles. The lowest BCUT2D eigenvalue weighted by Crippen LogP contribution is -2.35. The van der Waals surface area contributed by atoms with Gasteiger partial charge in [-0.25, -0.2) is 0 Å². The van der Waals surface area contributed by atoms with Gasteiger partial charge in [-0.1, -0.05) is 6.92 Å². The van der Waals surface area contributed by atoms with Crippen molar-refractivity contribution in [1.29, 1.82) is 0 Å². The molecular formula is C19H31N3O3. The van der Waals surface area contributed by atoms with Crippen molar-refractivity contribution in [1.82, 2.24) is 10.2 Å². The minimum atomic E-state index is -0.0341. The molecule has 2 rings (SSSR count). The first-order chi connectivity index (χ1) is 12.0. The summed E-state index contributed by atoms with van der Waals surface area (Å²) in [6.45, 7) is 8.69. The molecule has 0 bridgehead atoms. The zero-order valence-electron chi connectivity index (χ0n) is 15.8. The van der Waals surface area contributed by atoms with Crippen LogP contribution < -0.4 is 20.1 Å². The van der Waals surface area contributed by atoms with Gasteiger partial charge in [-0.15, -0.1) is 0 Å². The number of amides is 1. The maximum absolute atomic E-state index is 12.3. The van der Waals surface area contributed by atoms with Crippen molar-refractivity contribution in [3.63, 3.8) is 0 Å². The van der Waals surface area contributed by atoms with Crippen molar-refractivity contribution >= 4 is 11.6 Å². The van der Waals surface area contributed by atoms with Gasteiger partial charge in [-0.3, -0.25) is 4.79 Å². The summed E-state index contributed by atoms with van der Waals surface area (Å²) in [4.78, 5) is 14.8. The molecule has 140 valence electrons. The average molecular weight is 349 g/mol. The summed E-state index contributed by atoms with van der Waals surface area (Å²) in [5.74, 6) is 1.96. The molecule has 6 heteroatoms. The highest BCUT2D eigenvalue weighted by Crippen LogP contribution is 2.29. The normalized spacial score (nSPS) is 18.8. The third-order valence-electron chi connectivity index (χ3n) is 4.74. The minimum Gasteiger partial charge on any atom is -0.497 e. The molecule has 0 aromatic heterocycles. The molecule has 0 spiro atoms. The van der Waals surface area contributed by atoms with Gasteiger partial charge in [0.25, 0.3) is 0 Å². The van der Waals surface area contributed by atoms with E-state index in [0.717, 1.165) is 19.6 Å². The highest BCUT2D eigenvalue weighted by atomic mass is 16.5. The number of nitrogens with one attached hydrogen (secondary N) is 2. The molecule has 1 amide bonds. The third kappa shape index (κ3) is 5.90. The van der Waals surface area contributed by atoms with E-state index in [0.29, 0.717) is 29.5 Å². The van der Waals surface area contributed by atoms with Crippen molar-refractivity contribution in [3.8, 4) is 11.5 Å². The Morgan fingerprint density at radius 2 is 2.16 bits per heavy atom. The van der Waals surface area contributed by atoms with Crippen molar-refractivity contribution < 1.29 is 14.3 Å². The second-order valence-corrected chi connectivity index (χ2v) is 6.68. The number of methoxy groups -OCH3 is 2. The van der Waals surface area contributed by atoms with Crippen molar-refractivity contribution in [3.05, 3.63) is 18.2 Å². The maximum atomic E-state index is 12.3. The molecule has 1 fully saturated rings. The summed E-state index contributed by atoms with van der Waals surface area (Å²) in [5, 5.41) is 6.41. The standard InChI is InChI=1S/C19H31N3O3/c1-5-22-9-8-15(13-22)12-20-14(2)10-19(23)21-17-11-16(24-3)6-7-18(17)25-4/h6-7,11,14-15,20H,5,8-10,12-13H2,1-4H3,(H,21,23). The van der Waals surface area contributed by atoms with Gasteiger partial charge in [-0.2, -0.15) is 0 Å². The van der Waals surface area contributed by atoms with E-state index in [1.807, 2.05) is 0 Å². The Morgan fingerprint density at radius 3 is 2.80 bits per heavy atom. The quantitative estimate of drug-likeness (QED) is 0.717. The van der Waals surface area contributed by atoms with Crippen LogP contribution in [0, 0.1) is 5.92 Å². The van der Waals surface area contributed by atoms with E-state index in [9.17, 15) is 4.79 Å². The number of nitrogens with zero attached hydrogens (tertiary/aromatic N) is 1. The molecule has 1 aromatic carbocycles. The predicted octanol–water partition coefficient (Wildman–Crippen LogP) is 2.35. The highest BCUT2D eigenvalue weighted by Gasteiger charge is 2.21. The van der Waals surface area contributed by atoms with E-state index < -0.39 is 0 Å². The molecule has 2 N–H and O–H groups in total. The van der Waals surface area contributed by atoms with Crippen LogP contribution in [0.15, 0.2) is 18.2 Å². The Morgan fingerprint density at radius 1 is 1.36 bits per heavy atom. The average Bonchev–Trinajstić information content (AvgIpc) is 3.08. The van der Waals surface area contributed by atoms with Gasteiger partial charge in [0.2, 0.25) is 5.91 Å². The van der Waals surface area contributed by atoms with Crippen LogP contribution in [0.3, 0.4) is 0 Å². The van der Waals surface area contributed by atoms with Crippen LogP contribution in [-0.4, -0.2) is 57.2 Å². The topological polar surface area (TPSA) is 62.8 Å². The summed E-state index contributed by atoms with van der Waals surface area (Å²) < 4.78 is 10.5. The van der Waals surface area contributed by atoms with E-state index >= 15 is 0 Å². The molecule has 6 nitrogen and oxygen atoms in total. The summed E-state index contributed by atoms with van der Waals surface area (Å²) in [5.41, 5.74) is 0.633. The molecule has 2 unspecified atom stereocenters. The molecule has 1 aliphatic rings. The first kappa shape index (κ1) is 19.5. The van der Waals surface area contributed by atoms with Crippen LogP contribution in [0.2, 0.25) is 0 Å². The summed E-state index contributed by atoms with van der Waals surface area (Å²) in [6, 6.07) is 5.50. The van der Waals surface area contributed by atoms with Gasteiger partial charge < -0.3 is 25.0 Å². The summed E-state index contributed by atoms with van der Waals surface area (Å²) >= 11 is 0. The molecule has 1 heterocycles. The maximum Gasteiger partial charge on any atom is 0.226 e. The van der Waals surface area contributed by atoms with Gasteiger partial charge in [0.15, 0.2) is 0 Å². The summed E-state index contributed by atoms with van der Waals surface area (Å²) in [6.07, 6.45) is 1.66. The minimum absolute atomic E-state index is 0.0341. The number of hydrogen-bond acceptors (Lipinski definition) is 5. The lowest BCUT2D eigenvalue weighted by atomic mass is 10.1. The number of benzene rings is 1. The molecule has 0 aliphatic carbocycles. The fraction of sp³-hybridized carbons (Fsp3) is 0.632. The molecule has 25 heavy (non-hydrogen) atoms. The van der Waals surface area contributed by atoms with Gasteiger partial charge in [-0.05, 0) is 51.0 Å². The van der Waals surface area contributed by atoms with Crippen molar-refractivity contribution in [2.75, 3.05) is 45.7 Å². The third-order valence-corrected chi connectivity index (χ3v) is 4.74. The van der Waals surface area contributed by atoms with E-state index in [-0.39, 0.29) is 11.9 Å². The van der Waals surface area contributed by atoms with Crippen LogP contribution in [0.4, 0.5) is 5.69 Å². The fourth-order valence-electron chi connectivity index (χ4n) is 3.20. The Kier molecular flexibility index (Phi) is 7.52. The second-order valence-electron chi connectivity index (χ2n) is 6.68. The summed E-state index contributed by atoms with van der Waals surface area (Å²) in [7, 11) is 3.19. The van der Waals surface area contributed by atoms with Crippen LogP contribution in [0.1, 0.15) is 26.7 Å². The van der Waals surface area contributed by atoms with E-state index in [2.05, 4.69) is 29.4 Å². The smallest absolute Gasteiger partial charge is 0.226 e. The zero-order chi connectivity index (χ0) is 18.2. The fourth-order valence-corrected chi connectivity index (χ4v) is 3.20. The Balaban J connectivity index is 1.79. The first-order valence-corrected chi connectivity index (χ1v) is 9.03. The highest BCUT2D eigenvalue weighted by molar-refractivity contribution is 5.92. The van der Waals surface area contributed by atoms with Gasteiger partial charge in [0, 0.05) is 25.1 Å². The molecule has 1 aromatic rings. The monoisotopic (exact) mass is 349 g/mol. The van der Waals surface area contributed by atoms with Crippen molar-refractivity contribution in [2.24, 2.45) is 5.92 Å². The van der Waals surface area contributed by atoms with Crippen LogP contribution in [-0.2, 0) is 4.79 Å². The molecule has 0 radical (unpaired) electrons. The lowest BCUT2D eigenvalue weighted by Gasteiger charge is -2.18. The Hall–Kier alpha value is -1.79.